The second-order valence-electron chi connectivity index (χ2n) is 7.26. The van der Waals surface area contributed by atoms with Crippen molar-refractivity contribution in [3.8, 4) is 22.6 Å². The van der Waals surface area contributed by atoms with Crippen LogP contribution in [0.15, 0.2) is 24.3 Å². The smallest absolute Gasteiger partial charge is 0.222 e. The molecule has 2 aromatic carbocycles. The fourth-order valence-corrected chi connectivity index (χ4v) is 3.78. The van der Waals surface area contributed by atoms with E-state index in [9.17, 15) is 0 Å². The van der Waals surface area contributed by atoms with Gasteiger partial charge in [0, 0.05) is 17.4 Å². The average molecular weight is 350 g/mol. The average Bonchev–Trinajstić information content (AvgIpc) is 2.89. The van der Waals surface area contributed by atoms with Crippen LogP contribution in [0.5, 0.6) is 11.5 Å². The third-order valence-corrected chi connectivity index (χ3v) is 4.88. The second-order valence-corrected chi connectivity index (χ2v) is 7.26. The molecule has 26 heavy (non-hydrogen) atoms. The van der Waals surface area contributed by atoms with Crippen LogP contribution < -0.4 is 20.9 Å². The number of hydrogen-bond donors (Lipinski definition) is 2. The van der Waals surface area contributed by atoms with Crippen LogP contribution in [0, 0.1) is 6.92 Å². The number of fused-ring (bicyclic) bond motifs is 2. The third-order valence-electron chi connectivity index (χ3n) is 4.88. The Kier molecular flexibility index (Phi) is 3.47. The van der Waals surface area contributed by atoms with Crippen LogP contribution in [-0.2, 0) is 6.42 Å². The number of nitrogens with two attached hydrogens (primary N) is 2. The zero-order valence-electron chi connectivity index (χ0n) is 15.4. The van der Waals surface area contributed by atoms with Gasteiger partial charge in [-0.15, -0.1) is 0 Å². The van der Waals surface area contributed by atoms with Gasteiger partial charge < -0.3 is 20.9 Å². The summed E-state index contributed by atoms with van der Waals surface area (Å²) in [5.41, 5.74) is 16.7. The molecule has 3 aromatic rings. The van der Waals surface area contributed by atoms with Gasteiger partial charge in [-0.2, -0.15) is 4.98 Å². The summed E-state index contributed by atoms with van der Waals surface area (Å²) in [5.74, 6) is 2.15. The molecule has 134 valence electrons. The molecule has 1 aliphatic heterocycles. The quantitative estimate of drug-likeness (QED) is 0.734. The highest BCUT2D eigenvalue weighted by molar-refractivity contribution is 5.97. The number of benzene rings is 2. The number of anilines is 2. The van der Waals surface area contributed by atoms with E-state index in [0.29, 0.717) is 5.82 Å². The standard InChI is InChI=1S/C20H22N4O2/c1-10-11(5-7-14-16(10)18(21)24-19(22)23-14)12-6-8-15(25-4)17-13(12)9-20(2,3)26-17/h5-8H,9H2,1-4H3,(H4,21,22,23,24). The van der Waals surface area contributed by atoms with E-state index < -0.39 is 0 Å². The molecule has 0 radical (unpaired) electrons. The summed E-state index contributed by atoms with van der Waals surface area (Å²) in [4.78, 5) is 8.42. The molecule has 4 N–H and O–H groups in total. The molecule has 4 rings (SSSR count). The van der Waals surface area contributed by atoms with Gasteiger partial charge in [-0.1, -0.05) is 12.1 Å². The molecule has 1 aromatic heterocycles. The Morgan fingerprint density at radius 2 is 1.81 bits per heavy atom. The van der Waals surface area contributed by atoms with Crippen molar-refractivity contribution >= 4 is 22.7 Å². The van der Waals surface area contributed by atoms with E-state index in [1.54, 1.807) is 7.11 Å². The molecule has 0 aliphatic carbocycles. The highest BCUT2D eigenvalue weighted by Gasteiger charge is 2.35. The van der Waals surface area contributed by atoms with Crippen LogP contribution >= 0.6 is 0 Å². The summed E-state index contributed by atoms with van der Waals surface area (Å²) in [6, 6.07) is 8.01. The van der Waals surface area contributed by atoms with Crippen molar-refractivity contribution in [1.82, 2.24) is 9.97 Å². The number of aryl methyl sites for hydroxylation is 1. The predicted octanol–water partition coefficient (Wildman–Crippen LogP) is 3.49. The first-order chi connectivity index (χ1) is 12.3. The van der Waals surface area contributed by atoms with Gasteiger partial charge in [0.2, 0.25) is 5.95 Å². The lowest BCUT2D eigenvalue weighted by molar-refractivity contribution is 0.134. The van der Waals surface area contributed by atoms with Gasteiger partial charge in [0.05, 0.1) is 12.6 Å². The first-order valence-corrected chi connectivity index (χ1v) is 8.52. The molecule has 1 aliphatic rings. The zero-order chi connectivity index (χ0) is 18.6. The minimum atomic E-state index is -0.271. The Balaban J connectivity index is 1.98. The van der Waals surface area contributed by atoms with Crippen molar-refractivity contribution in [3.05, 3.63) is 35.4 Å². The Labute approximate surface area is 152 Å². The van der Waals surface area contributed by atoms with E-state index in [0.717, 1.165) is 51.1 Å². The van der Waals surface area contributed by atoms with Crippen molar-refractivity contribution in [1.29, 1.82) is 0 Å². The minimum absolute atomic E-state index is 0.183. The summed E-state index contributed by atoms with van der Waals surface area (Å²) < 4.78 is 11.6. The van der Waals surface area contributed by atoms with Gasteiger partial charge in [-0.25, -0.2) is 4.98 Å². The number of hydrogen-bond acceptors (Lipinski definition) is 6. The number of aromatic nitrogens is 2. The molecule has 6 heteroatoms. The molecule has 0 unspecified atom stereocenters. The molecule has 2 heterocycles. The second kappa shape index (κ2) is 5.49. The monoisotopic (exact) mass is 350 g/mol. The van der Waals surface area contributed by atoms with E-state index >= 15 is 0 Å². The van der Waals surface area contributed by atoms with Crippen LogP contribution in [0.1, 0.15) is 25.0 Å². The van der Waals surface area contributed by atoms with E-state index in [2.05, 4.69) is 35.9 Å². The maximum absolute atomic E-state index is 6.15. The van der Waals surface area contributed by atoms with Crippen molar-refractivity contribution in [3.63, 3.8) is 0 Å². The highest BCUT2D eigenvalue weighted by atomic mass is 16.5. The lowest BCUT2D eigenvalue weighted by Crippen LogP contribution is -2.24. The van der Waals surface area contributed by atoms with Crippen molar-refractivity contribution in [2.45, 2.75) is 32.8 Å². The van der Waals surface area contributed by atoms with Crippen molar-refractivity contribution in [2.75, 3.05) is 18.6 Å². The SMILES string of the molecule is COc1ccc(-c2ccc3nc(N)nc(N)c3c2C)c2c1OC(C)(C)C2. The molecule has 6 nitrogen and oxygen atoms in total. The summed E-state index contributed by atoms with van der Waals surface area (Å²) in [7, 11) is 1.66. The van der Waals surface area contributed by atoms with E-state index in [1.165, 1.54) is 0 Å². The van der Waals surface area contributed by atoms with Crippen molar-refractivity contribution < 1.29 is 9.47 Å². The summed E-state index contributed by atoms with van der Waals surface area (Å²) in [5, 5.41) is 0.833. The zero-order valence-corrected chi connectivity index (χ0v) is 15.4. The van der Waals surface area contributed by atoms with Gasteiger partial charge in [-0.3, -0.25) is 0 Å². The van der Waals surface area contributed by atoms with Gasteiger partial charge in [0.25, 0.3) is 0 Å². The predicted molar refractivity (Wildman–Crippen MR) is 103 cm³/mol. The molecule has 0 fully saturated rings. The normalized spacial score (nSPS) is 14.9. The number of ether oxygens (including phenoxy) is 2. The molecular weight excluding hydrogens is 328 g/mol. The number of nitrogen functional groups attached to an aromatic ring is 2. The Morgan fingerprint density at radius 1 is 1.08 bits per heavy atom. The molecule has 0 spiro atoms. The van der Waals surface area contributed by atoms with Crippen LogP contribution in [-0.4, -0.2) is 22.7 Å². The minimum Gasteiger partial charge on any atom is -0.493 e. The summed E-state index contributed by atoms with van der Waals surface area (Å²) in [6.45, 7) is 6.20. The Morgan fingerprint density at radius 3 is 2.54 bits per heavy atom. The van der Waals surface area contributed by atoms with Gasteiger partial charge in [0.15, 0.2) is 11.5 Å². The van der Waals surface area contributed by atoms with Gasteiger partial charge in [0.1, 0.15) is 11.4 Å². The molecular formula is C20H22N4O2. The van der Waals surface area contributed by atoms with E-state index in [-0.39, 0.29) is 11.5 Å². The summed E-state index contributed by atoms with van der Waals surface area (Å²) >= 11 is 0. The van der Waals surface area contributed by atoms with Crippen LogP contribution in [0.3, 0.4) is 0 Å². The lowest BCUT2D eigenvalue weighted by atomic mass is 9.90. The number of methoxy groups -OCH3 is 1. The van der Waals surface area contributed by atoms with E-state index in [4.69, 9.17) is 20.9 Å². The fraction of sp³-hybridized carbons (Fsp3) is 0.300. The molecule has 0 saturated carbocycles. The third kappa shape index (κ3) is 2.41. The topological polar surface area (TPSA) is 96.3 Å². The largest absolute Gasteiger partial charge is 0.493 e. The fourth-order valence-electron chi connectivity index (χ4n) is 3.78. The number of nitrogens with zero attached hydrogens (tertiary/aromatic N) is 2. The number of rotatable bonds is 2. The summed E-state index contributed by atoms with van der Waals surface area (Å²) in [6.07, 6.45) is 0.806. The Hall–Kier alpha value is -3.02. The van der Waals surface area contributed by atoms with Crippen LogP contribution in [0.4, 0.5) is 11.8 Å². The molecule has 0 saturated heterocycles. The van der Waals surface area contributed by atoms with Gasteiger partial charge >= 0.3 is 0 Å². The molecule has 0 atom stereocenters. The Bertz CT molecular complexity index is 1040. The van der Waals surface area contributed by atoms with Crippen molar-refractivity contribution in [2.24, 2.45) is 0 Å². The highest BCUT2D eigenvalue weighted by Crippen LogP contribution is 2.47. The van der Waals surface area contributed by atoms with Crippen LogP contribution in [0.2, 0.25) is 0 Å². The first-order valence-electron chi connectivity index (χ1n) is 8.52. The lowest BCUT2D eigenvalue weighted by Gasteiger charge is -2.17. The maximum Gasteiger partial charge on any atom is 0.222 e. The van der Waals surface area contributed by atoms with Crippen LogP contribution in [0.25, 0.3) is 22.0 Å². The van der Waals surface area contributed by atoms with Gasteiger partial charge in [-0.05, 0) is 49.6 Å². The first kappa shape index (κ1) is 16.4. The van der Waals surface area contributed by atoms with E-state index in [1.807, 2.05) is 19.1 Å². The maximum atomic E-state index is 6.15. The molecule has 0 bridgehead atoms. The molecule has 0 amide bonds.